The average Bonchev–Trinajstić information content (AvgIpc) is 2.65. The normalized spacial score (nSPS) is 17.0. The minimum atomic E-state index is 0.462. The van der Waals surface area contributed by atoms with E-state index in [1.807, 2.05) is 0 Å². The molecule has 0 aromatic heterocycles. The minimum absolute atomic E-state index is 0.462. The van der Waals surface area contributed by atoms with Crippen molar-refractivity contribution in [3.05, 3.63) is 29.3 Å². The standard InChI is InChI=1S/C20H35N5O/c1-6-21-20(22-14-17(3)25-9-11-26-12-10-25)23-15-18-7-8-19(24(4)5)13-16(18)2/h7-8,13,17H,6,9-12,14-15H2,1-5H3,(H2,21,22,23). The third-order valence-electron chi connectivity index (χ3n) is 4.83. The van der Waals surface area contributed by atoms with Crippen LogP contribution in [0.2, 0.25) is 0 Å². The number of rotatable bonds is 7. The van der Waals surface area contributed by atoms with Gasteiger partial charge in [-0.3, -0.25) is 4.90 Å². The summed E-state index contributed by atoms with van der Waals surface area (Å²) in [5.41, 5.74) is 3.76. The molecule has 0 aliphatic carbocycles. The maximum absolute atomic E-state index is 5.43. The van der Waals surface area contributed by atoms with E-state index in [0.717, 1.165) is 45.4 Å². The highest BCUT2D eigenvalue weighted by molar-refractivity contribution is 5.79. The third-order valence-corrected chi connectivity index (χ3v) is 4.83. The van der Waals surface area contributed by atoms with E-state index in [-0.39, 0.29) is 0 Å². The minimum Gasteiger partial charge on any atom is -0.379 e. The van der Waals surface area contributed by atoms with Crippen LogP contribution in [0.3, 0.4) is 0 Å². The molecular weight excluding hydrogens is 326 g/mol. The van der Waals surface area contributed by atoms with E-state index in [1.54, 1.807) is 0 Å². The zero-order valence-corrected chi connectivity index (χ0v) is 17.0. The van der Waals surface area contributed by atoms with Crippen molar-refractivity contribution >= 4 is 11.6 Å². The van der Waals surface area contributed by atoms with Crippen LogP contribution in [-0.2, 0) is 11.3 Å². The van der Waals surface area contributed by atoms with E-state index >= 15 is 0 Å². The van der Waals surface area contributed by atoms with Crippen molar-refractivity contribution in [3.63, 3.8) is 0 Å². The van der Waals surface area contributed by atoms with Crippen molar-refractivity contribution < 1.29 is 4.74 Å². The van der Waals surface area contributed by atoms with Crippen LogP contribution in [0.4, 0.5) is 5.69 Å². The van der Waals surface area contributed by atoms with Gasteiger partial charge in [0, 0.05) is 52.0 Å². The number of nitrogens with zero attached hydrogens (tertiary/aromatic N) is 3. The largest absolute Gasteiger partial charge is 0.379 e. The second-order valence-corrected chi connectivity index (χ2v) is 7.08. The lowest BCUT2D eigenvalue weighted by Crippen LogP contribution is -2.49. The molecule has 1 aliphatic rings. The van der Waals surface area contributed by atoms with Gasteiger partial charge in [-0.1, -0.05) is 6.07 Å². The van der Waals surface area contributed by atoms with E-state index in [2.05, 4.69) is 73.5 Å². The van der Waals surface area contributed by atoms with E-state index in [1.165, 1.54) is 16.8 Å². The number of aryl methyl sites for hydroxylation is 1. The summed E-state index contributed by atoms with van der Waals surface area (Å²) in [6, 6.07) is 7.00. The highest BCUT2D eigenvalue weighted by Gasteiger charge is 2.17. The monoisotopic (exact) mass is 361 g/mol. The summed E-state index contributed by atoms with van der Waals surface area (Å²) in [7, 11) is 4.13. The van der Waals surface area contributed by atoms with Gasteiger partial charge in [0.2, 0.25) is 0 Å². The SMILES string of the molecule is CCNC(=NCc1ccc(N(C)C)cc1C)NCC(C)N1CCOCC1. The highest BCUT2D eigenvalue weighted by Crippen LogP contribution is 2.18. The molecule has 1 heterocycles. The summed E-state index contributed by atoms with van der Waals surface area (Å²) in [4.78, 5) is 9.36. The molecule has 0 radical (unpaired) electrons. The van der Waals surface area contributed by atoms with Crippen molar-refractivity contribution in [2.45, 2.75) is 33.4 Å². The third kappa shape index (κ3) is 6.18. The van der Waals surface area contributed by atoms with Gasteiger partial charge < -0.3 is 20.3 Å². The lowest BCUT2D eigenvalue weighted by atomic mass is 10.1. The van der Waals surface area contributed by atoms with Crippen molar-refractivity contribution in [3.8, 4) is 0 Å². The number of hydrogen-bond acceptors (Lipinski definition) is 4. The number of hydrogen-bond donors (Lipinski definition) is 2. The van der Waals surface area contributed by atoms with Crippen LogP contribution in [0.5, 0.6) is 0 Å². The van der Waals surface area contributed by atoms with Crippen LogP contribution in [0, 0.1) is 6.92 Å². The fourth-order valence-corrected chi connectivity index (χ4v) is 3.03. The molecule has 146 valence electrons. The molecule has 0 saturated carbocycles. The van der Waals surface area contributed by atoms with Gasteiger partial charge in [0.05, 0.1) is 19.8 Å². The summed E-state index contributed by atoms with van der Waals surface area (Å²) in [5.74, 6) is 0.878. The van der Waals surface area contributed by atoms with Gasteiger partial charge in [0.25, 0.3) is 0 Å². The number of nitrogens with one attached hydrogen (secondary N) is 2. The highest BCUT2D eigenvalue weighted by atomic mass is 16.5. The Morgan fingerprint density at radius 2 is 2.00 bits per heavy atom. The van der Waals surface area contributed by atoms with Gasteiger partial charge in [-0.05, 0) is 44.0 Å². The average molecular weight is 362 g/mol. The van der Waals surface area contributed by atoms with Gasteiger partial charge in [-0.25, -0.2) is 4.99 Å². The van der Waals surface area contributed by atoms with E-state index in [0.29, 0.717) is 12.6 Å². The molecule has 1 atom stereocenters. The van der Waals surface area contributed by atoms with Crippen molar-refractivity contribution in [1.29, 1.82) is 0 Å². The molecule has 1 aliphatic heterocycles. The summed E-state index contributed by atoms with van der Waals surface area (Å²) in [6.45, 7) is 12.6. The number of aliphatic imine (C=N–C) groups is 1. The molecule has 1 fully saturated rings. The van der Waals surface area contributed by atoms with Crippen LogP contribution < -0.4 is 15.5 Å². The molecule has 2 N–H and O–H groups in total. The summed E-state index contributed by atoms with van der Waals surface area (Å²) in [5, 5.41) is 6.83. The maximum atomic E-state index is 5.43. The number of guanidine groups is 1. The number of ether oxygens (including phenoxy) is 1. The molecule has 6 nitrogen and oxygen atoms in total. The Morgan fingerprint density at radius 3 is 2.62 bits per heavy atom. The predicted octanol–water partition coefficient (Wildman–Crippen LogP) is 1.84. The van der Waals surface area contributed by atoms with Gasteiger partial charge in [-0.2, -0.15) is 0 Å². The smallest absolute Gasteiger partial charge is 0.191 e. The van der Waals surface area contributed by atoms with Crippen LogP contribution in [0.25, 0.3) is 0 Å². The Labute approximate surface area is 158 Å². The molecule has 1 saturated heterocycles. The Balaban J connectivity index is 1.93. The van der Waals surface area contributed by atoms with Crippen molar-refractivity contribution in [2.75, 3.05) is 58.4 Å². The number of anilines is 1. The number of benzene rings is 1. The lowest BCUT2D eigenvalue weighted by molar-refractivity contribution is 0.0211. The van der Waals surface area contributed by atoms with Gasteiger partial charge in [0.1, 0.15) is 0 Å². The van der Waals surface area contributed by atoms with E-state index < -0.39 is 0 Å². The molecule has 0 amide bonds. The van der Waals surface area contributed by atoms with Gasteiger partial charge in [0.15, 0.2) is 5.96 Å². The lowest BCUT2D eigenvalue weighted by Gasteiger charge is -2.32. The van der Waals surface area contributed by atoms with Crippen molar-refractivity contribution in [2.24, 2.45) is 4.99 Å². The van der Waals surface area contributed by atoms with E-state index in [9.17, 15) is 0 Å². The van der Waals surface area contributed by atoms with Crippen molar-refractivity contribution in [1.82, 2.24) is 15.5 Å². The molecule has 6 heteroatoms. The summed E-state index contributed by atoms with van der Waals surface area (Å²) < 4.78 is 5.43. The zero-order valence-electron chi connectivity index (χ0n) is 17.0. The Kier molecular flexibility index (Phi) is 8.19. The number of morpholine rings is 1. The van der Waals surface area contributed by atoms with E-state index in [4.69, 9.17) is 9.73 Å². The molecule has 0 spiro atoms. The second-order valence-electron chi connectivity index (χ2n) is 7.08. The maximum Gasteiger partial charge on any atom is 0.191 e. The molecular formula is C20H35N5O. The Morgan fingerprint density at radius 1 is 1.27 bits per heavy atom. The first-order chi connectivity index (χ1) is 12.5. The van der Waals surface area contributed by atoms with Crippen LogP contribution in [0.15, 0.2) is 23.2 Å². The Hall–Kier alpha value is -1.79. The first-order valence-corrected chi connectivity index (χ1v) is 9.62. The van der Waals surface area contributed by atoms with Gasteiger partial charge in [-0.15, -0.1) is 0 Å². The Bertz CT molecular complexity index is 582. The predicted molar refractivity (Wildman–Crippen MR) is 110 cm³/mol. The molecule has 1 aromatic carbocycles. The topological polar surface area (TPSA) is 52.1 Å². The van der Waals surface area contributed by atoms with Crippen LogP contribution in [-0.4, -0.2) is 70.4 Å². The molecule has 0 bridgehead atoms. The fourth-order valence-electron chi connectivity index (χ4n) is 3.03. The van der Waals surface area contributed by atoms with Crippen LogP contribution in [0.1, 0.15) is 25.0 Å². The molecule has 2 rings (SSSR count). The summed E-state index contributed by atoms with van der Waals surface area (Å²) >= 11 is 0. The van der Waals surface area contributed by atoms with Gasteiger partial charge >= 0.3 is 0 Å². The quantitative estimate of drug-likeness (QED) is 0.573. The zero-order chi connectivity index (χ0) is 18.9. The molecule has 1 unspecified atom stereocenters. The first-order valence-electron chi connectivity index (χ1n) is 9.62. The van der Waals surface area contributed by atoms with Crippen LogP contribution >= 0.6 is 0 Å². The molecule has 26 heavy (non-hydrogen) atoms. The second kappa shape index (κ2) is 10.4. The molecule has 1 aromatic rings. The summed E-state index contributed by atoms with van der Waals surface area (Å²) in [6.07, 6.45) is 0. The first kappa shape index (κ1) is 20.5. The fraction of sp³-hybridized carbons (Fsp3) is 0.650.